The Morgan fingerprint density at radius 3 is 2.37 bits per heavy atom. The molecular formula is C27H37N3O7S. The van der Waals surface area contributed by atoms with Crippen LogP contribution in [-0.2, 0) is 26.2 Å². The van der Waals surface area contributed by atoms with Crippen LogP contribution < -0.4 is 23.8 Å². The molecule has 1 heterocycles. The number of nitrogens with zero attached hydrogens (tertiary/aromatic N) is 2. The summed E-state index contributed by atoms with van der Waals surface area (Å²) in [5, 5.41) is 2.94. The lowest BCUT2D eigenvalue weighted by atomic mass is 10.1. The molecule has 0 unspecified atom stereocenters. The highest BCUT2D eigenvalue weighted by atomic mass is 32.2. The Bertz CT molecular complexity index is 1260. The minimum Gasteiger partial charge on any atom is -0.497 e. The third-order valence-electron chi connectivity index (χ3n) is 5.86. The van der Waals surface area contributed by atoms with E-state index in [4.69, 9.17) is 14.2 Å². The van der Waals surface area contributed by atoms with Gasteiger partial charge in [-0.15, -0.1) is 0 Å². The highest BCUT2D eigenvalue weighted by Crippen LogP contribution is 2.34. The Kier molecular flexibility index (Phi) is 9.14. The maximum atomic E-state index is 13.8. The number of ether oxygens (including phenoxy) is 3. The van der Waals surface area contributed by atoms with E-state index in [9.17, 15) is 18.0 Å². The summed E-state index contributed by atoms with van der Waals surface area (Å²) >= 11 is 0. The number of carbonyl (C=O) groups excluding carboxylic acids is 2. The van der Waals surface area contributed by atoms with Gasteiger partial charge in [-0.3, -0.25) is 13.9 Å². The maximum Gasteiger partial charge on any atom is 0.244 e. The number of amides is 2. The number of hydrogen-bond acceptors (Lipinski definition) is 7. The molecule has 0 aliphatic carbocycles. The zero-order valence-corrected chi connectivity index (χ0v) is 23.6. The van der Waals surface area contributed by atoms with Gasteiger partial charge in [0.05, 0.1) is 19.1 Å². The first kappa shape index (κ1) is 29.1. The van der Waals surface area contributed by atoms with Gasteiger partial charge in [-0.25, -0.2) is 8.42 Å². The second-order valence-electron chi connectivity index (χ2n) is 10.1. The fourth-order valence-electron chi connectivity index (χ4n) is 4.14. The van der Waals surface area contributed by atoms with E-state index in [1.165, 1.54) is 4.90 Å². The number of rotatable bonds is 10. The van der Waals surface area contributed by atoms with Crippen LogP contribution in [0.2, 0.25) is 0 Å². The van der Waals surface area contributed by atoms with Crippen molar-refractivity contribution in [2.24, 2.45) is 0 Å². The van der Waals surface area contributed by atoms with Crippen LogP contribution in [0.15, 0.2) is 42.5 Å². The van der Waals surface area contributed by atoms with Crippen LogP contribution in [0.4, 0.5) is 5.69 Å². The SMILES string of the molecule is CC[C@H](C(=O)NC(C)(C)C)N(Cc1cccc(OC)c1)C(=O)CN(c1ccc2c(c1)OCCO2)S(C)(=O)=O. The van der Waals surface area contributed by atoms with E-state index in [-0.39, 0.29) is 18.1 Å². The molecular weight excluding hydrogens is 510 g/mol. The maximum absolute atomic E-state index is 13.8. The first-order valence-corrected chi connectivity index (χ1v) is 14.3. The number of benzene rings is 2. The fourth-order valence-corrected chi connectivity index (χ4v) is 4.98. The van der Waals surface area contributed by atoms with Crippen molar-refractivity contribution in [2.45, 2.75) is 52.2 Å². The van der Waals surface area contributed by atoms with Crippen molar-refractivity contribution in [2.75, 3.05) is 37.4 Å². The van der Waals surface area contributed by atoms with Gasteiger partial charge in [0.1, 0.15) is 31.5 Å². The molecule has 0 spiro atoms. The number of hydrogen-bond donors (Lipinski definition) is 1. The molecule has 0 aromatic heterocycles. The predicted molar refractivity (Wildman–Crippen MR) is 145 cm³/mol. The van der Waals surface area contributed by atoms with Crippen LogP contribution >= 0.6 is 0 Å². The lowest BCUT2D eigenvalue weighted by Crippen LogP contribution is -2.55. The van der Waals surface area contributed by atoms with E-state index < -0.39 is 34.1 Å². The molecule has 0 saturated carbocycles. The standard InChI is InChI=1S/C27H37N3O7S/c1-7-22(26(32)28-27(2,3)4)29(17-19-9-8-10-21(15-19)35-5)25(31)18-30(38(6,33)34)20-11-12-23-24(16-20)37-14-13-36-23/h8-12,15-16,22H,7,13-14,17-18H2,1-6H3,(H,28,32)/t22-/m1/s1. The largest absolute Gasteiger partial charge is 0.497 e. The van der Waals surface area contributed by atoms with Gasteiger partial charge in [0.15, 0.2) is 11.5 Å². The molecule has 2 aromatic rings. The topological polar surface area (TPSA) is 114 Å². The number of fused-ring (bicyclic) bond motifs is 1. The van der Waals surface area contributed by atoms with Crippen LogP contribution in [0.25, 0.3) is 0 Å². The van der Waals surface area contributed by atoms with Gasteiger partial charge in [0.25, 0.3) is 0 Å². The van der Waals surface area contributed by atoms with Gasteiger partial charge < -0.3 is 24.4 Å². The third-order valence-corrected chi connectivity index (χ3v) is 7.00. The second kappa shape index (κ2) is 11.9. The molecule has 1 aliphatic heterocycles. The smallest absolute Gasteiger partial charge is 0.244 e. The number of anilines is 1. The molecule has 1 N–H and O–H groups in total. The van der Waals surface area contributed by atoms with Crippen molar-refractivity contribution < 1.29 is 32.2 Å². The highest BCUT2D eigenvalue weighted by Gasteiger charge is 2.33. The Balaban J connectivity index is 1.98. The molecule has 208 valence electrons. The molecule has 0 bridgehead atoms. The average molecular weight is 548 g/mol. The molecule has 0 radical (unpaired) electrons. The van der Waals surface area contributed by atoms with Gasteiger partial charge in [0.2, 0.25) is 21.8 Å². The highest BCUT2D eigenvalue weighted by molar-refractivity contribution is 7.92. The van der Waals surface area contributed by atoms with E-state index in [1.54, 1.807) is 43.5 Å². The van der Waals surface area contributed by atoms with E-state index in [0.29, 0.717) is 36.9 Å². The van der Waals surface area contributed by atoms with Gasteiger partial charge in [-0.2, -0.15) is 0 Å². The van der Waals surface area contributed by atoms with Crippen molar-refractivity contribution in [1.82, 2.24) is 10.2 Å². The summed E-state index contributed by atoms with van der Waals surface area (Å²) in [7, 11) is -2.32. The molecule has 2 aromatic carbocycles. The van der Waals surface area contributed by atoms with Crippen LogP contribution in [0, 0.1) is 0 Å². The number of carbonyl (C=O) groups is 2. The first-order valence-electron chi connectivity index (χ1n) is 12.4. The van der Waals surface area contributed by atoms with Crippen molar-refractivity contribution in [3.8, 4) is 17.2 Å². The number of nitrogens with one attached hydrogen (secondary N) is 1. The predicted octanol–water partition coefficient (Wildman–Crippen LogP) is 2.95. The van der Waals surface area contributed by atoms with Crippen LogP contribution in [0.3, 0.4) is 0 Å². The summed E-state index contributed by atoms with van der Waals surface area (Å²) in [4.78, 5) is 28.5. The van der Waals surface area contributed by atoms with Crippen molar-refractivity contribution in [3.05, 3.63) is 48.0 Å². The van der Waals surface area contributed by atoms with Gasteiger partial charge >= 0.3 is 0 Å². The number of methoxy groups -OCH3 is 1. The molecule has 1 aliphatic rings. The minimum atomic E-state index is -3.87. The summed E-state index contributed by atoms with van der Waals surface area (Å²) in [5.41, 5.74) is 0.489. The van der Waals surface area contributed by atoms with E-state index in [0.717, 1.165) is 16.1 Å². The molecule has 1 atom stereocenters. The molecule has 11 heteroatoms. The normalized spacial score (nSPS) is 13.8. The summed E-state index contributed by atoms with van der Waals surface area (Å²) in [6.45, 7) is 7.72. The molecule has 3 rings (SSSR count). The summed E-state index contributed by atoms with van der Waals surface area (Å²) in [6.07, 6.45) is 1.37. The first-order chi connectivity index (χ1) is 17.8. The Hall–Kier alpha value is -3.47. The fraction of sp³-hybridized carbons (Fsp3) is 0.481. The summed E-state index contributed by atoms with van der Waals surface area (Å²) in [6, 6.07) is 11.1. The van der Waals surface area contributed by atoms with Crippen molar-refractivity contribution in [1.29, 1.82) is 0 Å². The van der Waals surface area contributed by atoms with Gasteiger partial charge in [0, 0.05) is 18.2 Å². The number of sulfonamides is 1. The van der Waals surface area contributed by atoms with Crippen LogP contribution in [0.5, 0.6) is 17.2 Å². The zero-order valence-electron chi connectivity index (χ0n) is 22.8. The Labute approximate surface area is 224 Å². The second-order valence-corrected chi connectivity index (χ2v) is 12.0. The Morgan fingerprint density at radius 1 is 1.08 bits per heavy atom. The van der Waals surface area contributed by atoms with Crippen molar-refractivity contribution in [3.63, 3.8) is 0 Å². The molecule has 0 saturated heterocycles. The van der Waals surface area contributed by atoms with Gasteiger partial charge in [-0.05, 0) is 57.0 Å². The summed E-state index contributed by atoms with van der Waals surface area (Å²) in [5.74, 6) is 0.671. The lowest BCUT2D eigenvalue weighted by Gasteiger charge is -2.34. The molecule has 38 heavy (non-hydrogen) atoms. The quantitative estimate of drug-likeness (QED) is 0.486. The molecule has 10 nitrogen and oxygen atoms in total. The van der Waals surface area contributed by atoms with E-state index in [1.807, 2.05) is 33.8 Å². The Morgan fingerprint density at radius 2 is 1.76 bits per heavy atom. The van der Waals surface area contributed by atoms with E-state index in [2.05, 4.69) is 5.32 Å². The average Bonchev–Trinajstić information content (AvgIpc) is 2.85. The zero-order chi connectivity index (χ0) is 28.1. The minimum absolute atomic E-state index is 0.0881. The monoisotopic (exact) mass is 547 g/mol. The van der Waals surface area contributed by atoms with Crippen LogP contribution in [0.1, 0.15) is 39.7 Å². The van der Waals surface area contributed by atoms with Gasteiger partial charge in [-0.1, -0.05) is 19.1 Å². The molecule has 0 fully saturated rings. The summed E-state index contributed by atoms with van der Waals surface area (Å²) < 4.78 is 43.2. The van der Waals surface area contributed by atoms with Crippen LogP contribution in [-0.4, -0.2) is 69.8 Å². The van der Waals surface area contributed by atoms with Crippen molar-refractivity contribution >= 4 is 27.5 Å². The third kappa shape index (κ3) is 7.53. The molecule has 2 amide bonds. The lowest BCUT2D eigenvalue weighted by molar-refractivity contribution is -0.141. The van der Waals surface area contributed by atoms with E-state index >= 15 is 0 Å².